The lowest BCUT2D eigenvalue weighted by Crippen LogP contribution is -2.24. The summed E-state index contributed by atoms with van der Waals surface area (Å²) in [5.74, 6) is -0.0711. The molecule has 1 amide bonds. The molecule has 146 valence electrons. The molecule has 5 nitrogen and oxygen atoms in total. The highest BCUT2D eigenvalue weighted by molar-refractivity contribution is 7.13. The summed E-state index contributed by atoms with van der Waals surface area (Å²) in [4.78, 5) is 20.6. The van der Waals surface area contributed by atoms with Crippen LogP contribution in [-0.4, -0.2) is 28.7 Å². The van der Waals surface area contributed by atoms with Crippen LogP contribution in [0.5, 0.6) is 5.75 Å². The number of benzene rings is 1. The largest absolute Gasteiger partial charge is 0.484 e. The van der Waals surface area contributed by atoms with Gasteiger partial charge in [0.2, 0.25) is 5.91 Å². The highest BCUT2D eigenvalue weighted by atomic mass is 32.1. The maximum absolute atomic E-state index is 12.1. The molecular weight excluding hydrogens is 391 g/mol. The number of thiazole rings is 1. The number of ether oxygens (including phenoxy) is 1. The molecule has 28 heavy (non-hydrogen) atoms. The third kappa shape index (κ3) is 6.05. The summed E-state index contributed by atoms with van der Waals surface area (Å²) in [7, 11) is 0. The summed E-state index contributed by atoms with van der Waals surface area (Å²) in [6.07, 6.45) is -0.839. The Morgan fingerprint density at radius 2 is 1.96 bits per heavy atom. The number of carbonyl (C=O) groups excluding carboxylic acids is 1. The minimum atomic E-state index is -4.38. The first-order valence-electron chi connectivity index (χ1n) is 8.29. The number of hydrogen-bond donors (Lipinski definition) is 1. The topological polar surface area (TPSA) is 64.1 Å². The Morgan fingerprint density at radius 1 is 1.18 bits per heavy atom. The standard InChI is InChI=1S/C19H16F3N3O2S/c20-19(21,22)12-27-16-5-3-13(4-6-16)9-24-17(26)8-15-11-28-18(25-15)14-2-1-7-23-10-14/h1-7,10-11H,8-9,12H2,(H,24,26). The van der Waals surface area contributed by atoms with E-state index in [9.17, 15) is 18.0 Å². The fourth-order valence-corrected chi connectivity index (χ4v) is 3.12. The number of carbonyl (C=O) groups is 1. The minimum Gasteiger partial charge on any atom is -0.484 e. The number of nitrogens with one attached hydrogen (secondary N) is 1. The monoisotopic (exact) mass is 407 g/mol. The summed E-state index contributed by atoms with van der Waals surface area (Å²) < 4.78 is 41.0. The quantitative estimate of drug-likeness (QED) is 0.643. The van der Waals surface area contributed by atoms with Gasteiger partial charge in [-0.25, -0.2) is 4.98 Å². The number of aromatic nitrogens is 2. The molecule has 0 unspecified atom stereocenters. The average Bonchev–Trinajstić information content (AvgIpc) is 3.14. The molecule has 0 aliphatic rings. The highest BCUT2D eigenvalue weighted by Gasteiger charge is 2.28. The first kappa shape index (κ1) is 19.8. The molecule has 0 bridgehead atoms. The number of pyridine rings is 1. The molecule has 0 aliphatic heterocycles. The molecule has 0 fully saturated rings. The van der Waals surface area contributed by atoms with Crippen LogP contribution in [0.1, 0.15) is 11.3 Å². The van der Waals surface area contributed by atoms with E-state index >= 15 is 0 Å². The van der Waals surface area contributed by atoms with Gasteiger partial charge in [0.15, 0.2) is 6.61 Å². The van der Waals surface area contributed by atoms with Crippen LogP contribution < -0.4 is 10.1 Å². The second-order valence-corrected chi connectivity index (χ2v) is 6.75. The van der Waals surface area contributed by atoms with E-state index in [2.05, 4.69) is 20.0 Å². The van der Waals surface area contributed by atoms with Gasteiger partial charge in [-0.05, 0) is 29.8 Å². The van der Waals surface area contributed by atoms with Gasteiger partial charge in [0.05, 0.1) is 12.1 Å². The van der Waals surface area contributed by atoms with Crippen molar-refractivity contribution in [2.75, 3.05) is 6.61 Å². The molecule has 0 aliphatic carbocycles. The van der Waals surface area contributed by atoms with Crippen LogP contribution in [0.2, 0.25) is 0 Å². The van der Waals surface area contributed by atoms with E-state index in [1.54, 1.807) is 24.5 Å². The van der Waals surface area contributed by atoms with Crippen molar-refractivity contribution in [1.29, 1.82) is 0 Å². The van der Waals surface area contributed by atoms with Crippen LogP contribution >= 0.6 is 11.3 Å². The van der Waals surface area contributed by atoms with Gasteiger partial charge in [-0.1, -0.05) is 12.1 Å². The Balaban J connectivity index is 1.47. The van der Waals surface area contributed by atoms with E-state index in [1.807, 2.05) is 17.5 Å². The summed E-state index contributed by atoms with van der Waals surface area (Å²) >= 11 is 1.44. The zero-order valence-corrected chi connectivity index (χ0v) is 15.4. The summed E-state index contributed by atoms with van der Waals surface area (Å²) in [5, 5.41) is 5.39. The molecule has 9 heteroatoms. The molecule has 1 aromatic carbocycles. The minimum absolute atomic E-state index is 0.123. The number of rotatable bonds is 7. The van der Waals surface area contributed by atoms with Crippen LogP contribution in [-0.2, 0) is 17.8 Å². The van der Waals surface area contributed by atoms with Gasteiger partial charge < -0.3 is 10.1 Å². The van der Waals surface area contributed by atoms with Gasteiger partial charge in [-0.2, -0.15) is 13.2 Å². The molecule has 0 radical (unpaired) electrons. The molecule has 2 aromatic heterocycles. The Labute approximate surface area is 163 Å². The van der Waals surface area contributed by atoms with Crippen LogP contribution in [0.3, 0.4) is 0 Å². The zero-order chi connectivity index (χ0) is 20.0. The predicted molar refractivity (Wildman–Crippen MR) is 98.9 cm³/mol. The third-order valence-corrected chi connectivity index (χ3v) is 4.56. The Bertz CT molecular complexity index is 912. The molecule has 1 N–H and O–H groups in total. The number of amides is 1. The van der Waals surface area contributed by atoms with Crippen molar-refractivity contribution in [2.45, 2.75) is 19.1 Å². The lowest BCUT2D eigenvalue weighted by molar-refractivity contribution is -0.153. The van der Waals surface area contributed by atoms with E-state index in [4.69, 9.17) is 0 Å². The van der Waals surface area contributed by atoms with Crippen molar-refractivity contribution < 1.29 is 22.7 Å². The van der Waals surface area contributed by atoms with Gasteiger partial charge in [0.25, 0.3) is 0 Å². The lowest BCUT2D eigenvalue weighted by atomic mass is 10.2. The van der Waals surface area contributed by atoms with Crippen molar-refractivity contribution in [1.82, 2.24) is 15.3 Å². The zero-order valence-electron chi connectivity index (χ0n) is 14.6. The molecule has 0 atom stereocenters. The number of halogens is 3. The maximum atomic E-state index is 12.1. The molecular formula is C19H16F3N3O2S. The van der Waals surface area contributed by atoms with E-state index in [0.29, 0.717) is 5.69 Å². The number of hydrogen-bond acceptors (Lipinski definition) is 5. The molecule has 0 spiro atoms. The molecule has 0 saturated heterocycles. The van der Waals surface area contributed by atoms with E-state index in [0.717, 1.165) is 16.1 Å². The Hall–Kier alpha value is -2.94. The van der Waals surface area contributed by atoms with Gasteiger partial charge in [-0.3, -0.25) is 9.78 Å². The number of alkyl halides is 3. The molecule has 0 saturated carbocycles. The second kappa shape index (κ2) is 8.83. The fourth-order valence-electron chi connectivity index (χ4n) is 2.31. The van der Waals surface area contributed by atoms with Gasteiger partial charge >= 0.3 is 6.18 Å². The summed E-state index contributed by atoms with van der Waals surface area (Å²) in [6.45, 7) is -1.07. The first-order chi connectivity index (χ1) is 13.4. The summed E-state index contributed by atoms with van der Waals surface area (Å²) in [5.41, 5.74) is 2.31. The van der Waals surface area contributed by atoms with Crippen LogP contribution in [0, 0.1) is 0 Å². The van der Waals surface area contributed by atoms with Crippen LogP contribution in [0.15, 0.2) is 54.2 Å². The maximum Gasteiger partial charge on any atom is 0.422 e. The predicted octanol–water partition coefficient (Wildman–Crippen LogP) is 4.01. The lowest BCUT2D eigenvalue weighted by Gasteiger charge is -2.10. The second-order valence-electron chi connectivity index (χ2n) is 5.89. The Morgan fingerprint density at radius 3 is 2.64 bits per heavy atom. The van der Waals surface area contributed by atoms with Crippen molar-refractivity contribution in [3.63, 3.8) is 0 Å². The molecule has 3 aromatic rings. The average molecular weight is 407 g/mol. The van der Waals surface area contributed by atoms with Gasteiger partial charge in [-0.15, -0.1) is 11.3 Å². The van der Waals surface area contributed by atoms with E-state index < -0.39 is 12.8 Å². The van der Waals surface area contributed by atoms with Gasteiger partial charge in [0, 0.05) is 29.9 Å². The fraction of sp³-hybridized carbons (Fsp3) is 0.211. The van der Waals surface area contributed by atoms with E-state index in [-0.39, 0.29) is 24.6 Å². The smallest absolute Gasteiger partial charge is 0.422 e. The molecule has 3 rings (SSSR count). The Kier molecular flexibility index (Phi) is 6.25. The van der Waals surface area contributed by atoms with Gasteiger partial charge in [0.1, 0.15) is 10.8 Å². The third-order valence-electron chi connectivity index (χ3n) is 3.62. The first-order valence-corrected chi connectivity index (χ1v) is 9.17. The SMILES string of the molecule is O=C(Cc1csc(-c2cccnc2)n1)NCc1ccc(OCC(F)(F)F)cc1. The van der Waals surface area contributed by atoms with Crippen molar-refractivity contribution >= 4 is 17.2 Å². The number of nitrogens with zero attached hydrogens (tertiary/aromatic N) is 2. The summed E-state index contributed by atoms with van der Waals surface area (Å²) in [6, 6.07) is 9.81. The van der Waals surface area contributed by atoms with Crippen LogP contribution in [0.4, 0.5) is 13.2 Å². The van der Waals surface area contributed by atoms with Crippen molar-refractivity contribution in [2.24, 2.45) is 0 Å². The van der Waals surface area contributed by atoms with Crippen molar-refractivity contribution in [3.8, 4) is 16.3 Å². The highest BCUT2D eigenvalue weighted by Crippen LogP contribution is 2.23. The van der Waals surface area contributed by atoms with Crippen molar-refractivity contribution in [3.05, 3.63) is 65.4 Å². The van der Waals surface area contributed by atoms with E-state index in [1.165, 1.54) is 23.5 Å². The molecule has 2 heterocycles. The van der Waals surface area contributed by atoms with Crippen LogP contribution in [0.25, 0.3) is 10.6 Å². The normalized spacial score (nSPS) is 11.2.